The van der Waals surface area contributed by atoms with Gasteiger partial charge < -0.3 is 25.1 Å². The Hall–Kier alpha value is -4.09. The van der Waals surface area contributed by atoms with E-state index in [1.807, 2.05) is 0 Å². The summed E-state index contributed by atoms with van der Waals surface area (Å²) < 4.78 is 41.1. The molecule has 1 unspecified atom stereocenters. The second kappa shape index (κ2) is 12.6. The van der Waals surface area contributed by atoms with Crippen LogP contribution in [0.2, 0.25) is 0 Å². The van der Waals surface area contributed by atoms with E-state index in [1.165, 1.54) is 44.8 Å². The summed E-state index contributed by atoms with van der Waals surface area (Å²) >= 11 is 0. The summed E-state index contributed by atoms with van der Waals surface area (Å²) in [6, 6.07) is 11.3. The molecule has 3 aliphatic rings. The van der Waals surface area contributed by atoms with Crippen LogP contribution < -0.4 is 15.1 Å². The summed E-state index contributed by atoms with van der Waals surface area (Å²) in [5.74, 6) is 2.11. The van der Waals surface area contributed by atoms with Crippen molar-refractivity contribution in [3.05, 3.63) is 65.0 Å². The minimum atomic E-state index is -4.46. The van der Waals surface area contributed by atoms with E-state index in [0.717, 1.165) is 53.1 Å². The van der Waals surface area contributed by atoms with Crippen molar-refractivity contribution in [3.8, 4) is 0 Å². The number of hydrogen-bond acceptors (Lipinski definition) is 7. The molecule has 0 radical (unpaired) electrons. The van der Waals surface area contributed by atoms with Crippen molar-refractivity contribution in [1.82, 2.24) is 19.9 Å². The van der Waals surface area contributed by atoms with Gasteiger partial charge in [-0.1, -0.05) is 12.1 Å². The Kier molecular flexibility index (Phi) is 8.93. The maximum absolute atomic E-state index is 13.7. The topological polar surface area (TPSA) is 97.7 Å². The van der Waals surface area contributed by atoms with Crippen molar-refractivity contribution in [3.63, 3.8) is 0 Å². The molecule has 4 heterocycles. The Bertz CT molecular complexity index is 1430. The average Bonchev–Trinajstić information content (AvgIpc) is 3.77. The average molecular weight is 598 g/mol. The summed E-state index contributed by atoms with van der Waals surface area (Å²) in [7, 11) is 2.95. The Labute approximate surface area is 249 Å². The molecule has 2 aliphatic heterocycles. The number of anilines is 4. The molecule has 3 aromatic rings. The first kappa shape index (κ1) is 30.4. The van der Waals surface area contributed by atoms with Gasteiger partial charge >= 0.3 is 12.3 Å². The summed E-state index contributed by atoms with van der Waals surface area (Å²) in [4.78, 5) is 28.7. The molecule has 9 nitrogen and oxygen atoms in total. The number of amides is 1. The number of pyridine rings is 1. The lowest BCUT2D eigenvalue weighted by Gasteiger charge is -2.24. The third kappa shape index (κ3) is 7.29. The highest BCUT2D eigenvalue weighted by atomic mass is 19.4. The van der Waals surface area contributed by atoms with Crippen molar-refractivity contribution >= 4 is 29.4 Å². The zero-order valence-electron chi connectivity index (χ0n) is 24.7. The lowest BCUT2D eigenvalue weighted by molar-refractivity contribution is -0.137. The van der Waals surface area contributed by atoms with Gasteiger partial charge in [-0.2, -0.15) is 18.2 Å². The van der Waals surface area contributed by atoms with Gasteiger partial charge in [-0.15, -0.1) is 0 Å². The van der Waals surface area contributed by atoms with E-state index in [2.05, 4.69) is 46.4 Å². The van der Waals surface area contributed by atoms with Crippen LogP contribution in [-0.2, 0) is 19.0 Å². The first-order valence-electron chi connectivity index (χ1n) is 14.7. The minimum absolute atomic E-state index is 0.0191. The van der Waals surface area contributed by atoms with E-state index in [9.17, 15) is 18.0 Å². The van der Waals surface area contributed by atoms with E-state index >= 15 is 0 Å². The smallest absolute Gasteiger partial charge is 0.419 e. The molecule has 43 heavy (non-hydrogen) atoms. The second-order valence-corrected chi connectivity index (χ2v) is 11.5. The SMILES string of the molecule is CC1CCCN1c1nc2c(c(Nc3ccc(C4CC4)cc3)n1)CCN(c1ncccc1C(F)(F)F)CC2.CN(C)C(=O)O. The van der Waals surface area contributed by atoms with Gasteiger partial charge in [0.25, 0.3) is 0 Å². The number of nitrogens with one attached hydrogen (secondary N) is 1. The quantitative estimate of drug-likeness (QED) is 0.352. The highest BCUT2D eigenvalue weighted by Crippen LogP contribution is 2.41. The predicted molar refractivity (Wildman–Crippen MR) is 160 cm³/mol. The van der Waals surface area contributed by atoms with Crippen molar-refractivity contribution < 1.29 is 23.1 Å². The number of rotatable bonds is 5. The van der Waals surface area contributed by atoms with Crippen molar-refractivity contribution in [2.45, 2.75) is 63.6 Å². The van der Waals surface area contributed by atoms with Crippen LogP contribution in [0, 0.1) is 0 Å². The molecule has 1 aromatic carbocycles. The normalized spacial score (nSPS) is 18.3. The van der Waals surface area contributed by atoms with Gasteiger partial charge in [0.2, 0.25) is 5.95 Å². The van der Waals surface area contributed by atoms with Crippen LogP contribution in [-0.4, -0.2) is 70.8 Å². The Morgan fingerprint density at radius 1 is 1.02 bits per heavy atom. The van der Waals surface area contributed by atoms with Gasteiger partial charge in [0, 0.05) is 63.6 Å². The van der Waals surface area contributed by atoms with Gasteiger partial charge in [0.05, 0.1) is 11.3 Å². The van der Waals surface area contributed by atoms with Crippen LogP contribution >= 0.6 is 0 Å². The zero-order chi connectivity index (χ0) is 30.7. The van der Waals surface area contributed by atoms with E-state index in [-0.39, 0.29) is 5.82 Å². The molecule has 0 spiro atoms. The van der Waals surface area contributed by atoms with Gasteiger partial charge in [-0.05, 0) is 74.8 Å². The molecule has 230 valence electrons. The summed E-state index contributed by atoms with van der Waals surface area (Å²) in [5, 5.41) is 11.4. The highest BCUT2D eigenvalue weighted by Gasteiger charge is 2.36. The Morgan fingerprint density at radius 3 is 2.33 bits per heavy atom. The highest BCUT2D eigenvalue weighted by molar-refractivity contribution is 5.64. The fourth-order valence-electron chi connectivity index (χ4n) is 5.52. The molecule has 0 bridgehead atoms. The summed E-state index contributed by atoms with van der Waals surface area (Å²) in [6.45, 7) is 3.91. The predicted octanol–water partition coefficient (Wildman–Crippen LogP) is 6.33. The van der Waals surface area contributed by atoms with Gasteiger partial charge in [0.15, 0.2) is 0 Å². The zero-order valence-corrected chi connectivity index (χ0v) is 24.7. The molecule has 1 aliphatic carbocycles. The van der Waals surface area contributed by atoms with Gasteiger partial charge in [-0.25, -0.2) is 14.8 Å². The molecule has 1 saturated heterocycles. The third-order valence-electron chi connectivity index (χ3n) is 8.14. The van der Waals surface area contributed by atoms with Crippen LogP contribution in [0.25, 0.3) is 0 Å². The van der Waals surface area contributed by atoms with Crippen LogP contribution in [0.4, 0.5) is 41.2 Å². The summed E-state index contributed by atoms with van der Waals surface area (Å²) in [5.41, 5.74) is 3.48. The molecule has 1 amide bonds. The molecule has 1 saturated carbocycles. The molecule has 6 rings (SSSR count). The standard InChI is InChI=1S/C28H31F3N6.C3H7NO2/c1-18-4-3-15-37(18)27-34-24-13-17-36(26-23(28(29,30)31)5-2-14-32-26)16-12-22(24)25(35-27)33-21-10-8-20(9-11-21)19-6-7-19;1-4(2)3(5)6/h2,5,8-11,14,18-19H,3-4,6-7,12-13,15-17H2,1H3,(H,33,34,35);1-2H3,(H,5,6). The Morgan fingerprint density at radius 2 is 1.72 bits per heavy atom. The fraction of sp³-hybridized carbons (Fsp3) is 0.484. The number of aromatic nitrogens is 3. The number of fused-ring (bicyclic) bond motifs is 1. The lowest BCUT2D eigenvalue weighted by Crippen LogP contribution is -2.29. The first-order valence-corrected chi connectivity index (χ1v) is 14.7. The second-order valence-electron chi connectivity index (χ2n) is 11.5. The van der Waals surface area contributed by atoms with Crippen molar-refractivity contribution in [2.24, 2.45) is 0 Å². The van der Waals surface area contributed by atoms with Gasteiger partial charge in [0.1, 0.15) is 11.6 Å². The van der Waals surface area contributed by atoms with E-state index in [0.29, 0.717) is 43.8 Å². The number of nitrogens with zero attached hydrogens (tertiary/aromatic N) is 6. The number of carboxylic acid groups (broad SMARTS) is 1. The van der Waals surface area contributed by atoms with Crippen LogP contribution in [0.1, 0.15) is 60.9 Å². The monoisotopic (exact) mass is 597 g/mol. The minimum Gasteiger partial charge on any atom is -0.465 e. The molecule has 1 atom stereocenters. The number of hydrogen-bond donors (Lipinski definition) is 2. The first-order chi connectivity index (χ1) is 20.5. The maximum atomic E-state index is 13.7. The molecule has 2 fully saturated rings. The van der Waals surface area contributed by atoms with Crippen molar-refractivity contribution in [1.29, 1.82) is 0 Å². The number of carbonyl (C=O) groups is 1. The van der Waals surface area contributed by atoms with Gasteiger partial charge in [-0.3, -0.25) is 0 Å². The Balaban J connectivity index is 0.000000559. The molecule has 2 N–H and O–H groups in total. The van der Waals surface area contributed by atoms with E-state index in [4.69, 9.17) is 15.1 Å². The third-order valence-corrected chi connectivity index (χ3v) is 8.14. The van der Waals surface area contributed by atoms with E-state index < -0.39 is 17.8 Å². The molecular weight excluding hydrogens is 559 g/mol. The van der Waals surface area contributed by atoms with Crippen LogP contribution in [0.15, 0.2) is 42.6 Å². The number of halogens is 3. The fourth-order valence-corrected chi connectivity index (χ4v) is 5.52. The maximum Gasteiger partial charge on any atom is 0.419 e. The van der Waals surface area contributed by atoms with Crippen LogP contribution in [0.3, 0.4) is 0 Å². The molecule has 2 aromatic heterocycles. The lowest BCUT2D eigenvalue weighted by atomic mass is 10.1. The number of benzene rings is 1. The summed E-state index contributed by atoms with van der Waals surface area (Å²) in [6.07, 6.45) is 1.82. The molecular formula is C31H38F3N7O2. The largest absolute Gasteiger partial charge is 0.465 e. The molecule has 12 heteroatoms. The van der Waals surface area contributed by atoms with Crippen LogP contribution in [0.5, 0.6) is 0 Å². The van der Waals surface area contributed by atoms with E-state index in [1.54, 1.807) is 4.90 Å². The van der Waals surface area contributed by atoms with Crippen molar-refractivity contribution in [2.75, 3.05) is 48.8 Å². The number of alkyl halides is 3.